The molecule has 1 amide bonds. The Morgan fingerprint density at radius 2 is 2.37 bits per heavy atom. The molecule has 3 N–H and O–H groups in total. The lowest BCUT2D eigenvalue weighted by Gasteiger charge is -2.14. The molecule has 1 aromatic heterocycles. The number of rotatable bonds is 4. The molecule has 0 aliphatic heterocycles. The lowest BCUT2D eigenvalue weighted by molar-refractivity contribution is -0.117. The minimum atomic E-state index is -0.538. The van der Waals surface area contributed by atoms with Crippen molar-refractivity contribution in [1.29, 1.82) is 0 Å². The number of amides is 1. The van der Waals surface area contributed by atoms with Crippen molar-refractivity contribution in [2.75, 3.05) is 5.32 Å². The largest absolute Gasteiger partial charge is 0.323 e. The van der Waals surface area contributed by atoms with E-state index in [9.17, 15) is 4.79 Å². The van der Waals surface area contributed by atoms with Gasteiger partial charge in [0.25, 0.3) is 0 Å². The summed E-state index contributed by atoms with van der Waals surface area (Å²) >= 11 is 5.96. The van der Waals surface area contributed by atoms with Crippen LogP contribution in [-0.2, 0) is 4.79 Å². The number of nitrogens with zero attached hydrogens (tertiary/aromatic N) is 2. The van der Waals surface area contributed by atoms with E-state index in [2.05, 4.69) is 10.4 Å². The second-order valence-corrected chi connectivity index (χ2v) is 4.55. The molecule has 6 heteroatoms. The second-order valence-electron chi connectivity index (χ2n) is 4.12. The monoisotopic (exact) mass is 278 g/mol. The Labute approximate surface area is 116 Å². The molecule has 1 heterocycles. The average molecular weight is 279 g/mol. The molecule has 1 aromatic carbocycles. The van der Waals surface area contributed by atoms with E-state index in [1.807, 2.05) is 6.92 Å². The van der Waals surface area contributed by atoms with Gasteiger partial charge in [-0.05, 0) is 30.7 Å². The van der Waals surface area contributed by atoms with Crippen molar-refractivity contribution >= 4 is 23.2 Å². The van der Waals surface area contributed by atoms with Crippen molar-refractivity contribution in [3.8, 4) is 5.69 Å². The zero-order chi connectivity index (χ0) is 13.8. The standard InChI is InChI=1S/C13H15ClN4O/c1-2-10(15)13(19)17-11-8-9(14)4-5-12(11)18-7-3-6-16-18/h3-8,10H,2,15H2,1H3,(H,17,19). The number of hydrogen-bond acceptors (Lipinski definition) is 3. The zero-order valence-corrected chi connectivity index (χ0v) is 11.3. The Kier molecular flexibility index (Phi) is 4.19. The van der Waals surface area contributed by atoms with Crippen LogP contribution in [0.15, 0.2) is 36.7 Å². The number of halogens is 1. The zero-order valence-electron chi connectivity index (χ0n) is 10.5. The van der Waals surface area contributed by atoms with Gasteiger partial charge in [-0.1, -0.05) is 18.5 Å². The van der Waals surface area contributed by atoms with Crippen molar-refractivity contribution in [3.05, 3.63) is 41.7 Å². The molecule has 0 fully saturated rings. The fourth-order valence-electron chi connectivity index (χ4n) is 1.63. The SMILES string of the molecule is CCC(N)C(=O)Nc1cc(Cl)ccc1-n1cccn1. The van der Waals surface area contributed by atoms with Crippen LogP contribution in [0.4, 0.5) is 5.69 Å². The number of hydrogen-bond donors (Lipinski definition) is 2. The van der Waals surface area contributed by atoms with E-state index in [1.54, 1.807) is 41.3 Å². The van der Waals surface area contributed by atoms with Crippen LogP contribution in [0, 0.1) is 0 Å². The van der Waals surface area contributed by atoms with Gasteiger partial charge in [0.05, 0.1) is 17.4 Å². The lowest BCUT2D eigenvalue weighted by Crippen LogP contribution is -2.35. The van der Waals surface area contributed by atoms with Gasteiger partial charge in [-0.15, -0.1) is 0 Å². The van der Waals surface area contributed by atoms with Gasteiger partial charge in [0, 0.05) is 17.4 Å². The second kappa shape index (κ2) is 5.86. The average Bonchev–Trinajstić information content (AvgIpc) is 2.91. The molecule has 2 rings (SSSR count). The number of anilines is 1. The molecule has 0 saturated heterocycles. The van der Waals surface area contributed by atoms with Crippen molar-refractivity contribution in [2.45, 2.75) is 19.4 Å². The van der Waals surface area contributed by atoms with Gasteiger partial charge >= 0.3 is 0 Å². The first-order chi connectivity index (χ1) is 9.11. The van der Waals surface area contributed by atoms with Crippen LogP contribution in [0.3, 0.4) is 0 Å². The molecule has 0 radical (unpaired) electrons. The fourth-order valence-corrected chi connectivity index (χ4v) is 1.80. The van der Waals surface area contributed by atoms with Gasteiger partial charge in [0.2, 0.25) is 5.91 Å². The third kappa shape index (κ3) is 3.13. The van der Waals surface area contributed by atoms with Crippen LogP contribution >= 0.6 is 11.6 Å². The van der Waals surface area contributed by atoms with Gasteiger partial charge in [0.15, 0.2) is 0 Å². The smallest absolute Gasteiger partial charge is 0.241 e. The minimum Gasteiger partial charge on any atom is -0.323 e. The number of nitrogens with two attached hydrogens (primary N) is 1. The van der Waals surface area contributed by atoms with Crippen LogP contribution < -0.4 is 11.1 Å². The van der Waals surface area contributed by atoms with Gasteiger partial charge < -0.3 is 11.1 Å². The van der Waals surface area contributed by atoms with E-state index >= 15 is 0 Å². The summed E-state index contributed by atoms with van der Waals surface area (Å²) in [5.74, 6) is -0.238. The predicted molar refractivity (Wildman–Crippen MR) is 75.5 cm³/mol. The maximum atomic E-state index is 11.9. The molecule has 0 aliphatic rings. The highest BCUT2D eigenvalue weighted by atomic mass is 35.5. The third-order valence-corrected chi connectivity index (χ3v) is 2.98. The van der Waals surface area contributed by atoms with Crippen LogP contribution in [0.25, 0.3) is 5.69 Å². The van der Waals surface area contributed by atoms with Gasteiger partial charge in [-0.2, -0.15) is 5.10 Å². The van der Waals surface area contributed by atoms with E-state index in [1.165, 1.54) is 0 Å². The summed E-state index contributed by atoms with van der Waals surface area (Å²) in [6.07, 6.45) is 4.03. The maximum absolute atomic E-state index is 11.9. The number of aromatic nitrogens is 2. The van der Waals surface area contributed by atoms with Crippen molar-refractivity contribution < 1.29 is 4.79 Å². The number of benzene rings is 1. The molecule has 0 aliphatic carbocycles. The van der Waals surface area contributed by atoms with Gasteiger partial charge in [0.1, 0.15) is 0 Å². The molecule has 100 valence electrons. The van der Waals surface area contributed by atoms with E-state index in [4.69, 9.17) is 17.3 Å². The normalized spacial score (nSPS) is 12.2. The molecule has 1 atom stereocenters. The van der Waals surface area contributed by atoms with Crippen LogP contribution in [0.5, 0.6) is 0 Å². The first kappa shape index (κ1) is 13.6. The molecule has 0 saturated carbocycles. The van der Waals surface area contributed by atoms with E-state index in [0.717, 1.165) is 5.69 Å². The fraction of sp³-hybridized carbons (Fsp3) is 0.231. The minimum absolute atomic E-state index is 0.238. The number of carbonyl (C=O) groups is 1. The van der Waals surface area contributed by atoms with Crippen LogP contribution in [0.2, 0.25) is 5.02 Å². The Hall–Kier alpha value is -1.85. The summed E-state index contributed by atoms with van der Waals surface area (Å²) in [4.78, 5) is 11.9. The summed E-state index contributed by atoms with van der Waals surface area (Å²) in [6.45, 7) is 1.86. The number of carbonyl (C=O) groups excluding carboxylic acids is 1. The Morgan fingerprint density at radius 3 is 3.00 bits per heavy atom. The molecular weight excluding hydrogens is 264 g/mol. The highest BCUT2D eigenvalue weighted by Gasteiger charge is 2.14. The Morgan fingerprint density at radius 1 is 1.58 bits per heavy atom. The van der Waals surface area contributed by atoms with Crippen molar-refractivity contribution in [1.82, 2.24) is 9.78 Å². The van der Waals surface area contributed by atoms with Gasteiger partial charge in [-0.3, -0.25) is 4.79 Å². The Balaban J connectivity index is 2.33. The molecule has 0 spiro atoms. The van der Waals surface area contributed by atoms with E-state index < -0.39 is 6.04 Å². The van der Waals surface area contributed by atoms with E-state index in [0.29, 0.717) is 17.1 Å². The topological polar surface area (TPSA) is 72.9 Å². The summed E-state index contributed by atoms with van der Waals surface area (Å²) < 4.78 is 1.66. The molecular formula is C13H15ClN4O. The predicted octanol–water partition coefficient (Wildman–Crippen LogP) is 2.20. The summed E-state index contributed by atoms with van der Waals surface area (Å²) in [5.41, 5.74) is 7.03. The summed E-state index contributed by atoms with van der Waals surface area (Å²) in [6, 6.07) is 6.48. The van der Waals surface area contributed by atoms with E-state index in [-0.39, 0.29) is 5.91 Å². The van der Waals surface area contributed by atoms with Crippen molar-refractivity contribution in [2.24, 2.45) is 5.73 Å². The molecule has 0 bridgehead atoms. The summed E-state index contributed by atoms with van der Waals surface area (Å²) in [5, 5.41) is 7.46. The quantitative estimate of drug-likeness (QED) is 0.900. The first-order valence-corrected chi connectivity index (χ1v) is 6.35. The molecule has 5 nitrogen and oxygen atoms in total. The molecule has 19 heavy (non-hydrogen) atoms. The highest BCUT2D eigenvalue weighted by molar-refractivity contribution is 6.31. The van der Waals surface area contributed by atoms with Crippen LogP contribution in [-0.4, -0.2) is 21.7 Å². The third-order valence-electron chi connectivity index (χ3n) is 2.74. The van der Waals surface area contributed by atoms with Crippen LogP contribution in [0.1, 0.15) is 13.3 Å². The highest BCUT2D eigenvalue weighted by Crippen LogP contribution is 2.24. The lowest BCUT2D eigenvalue weighted by atomic mass is 10.2. The summed E-state index contributed by atoms with van der Waals surface area (Å²) in [7, 11) is 0. The molecule has 1 unspecified atom stereocenters. The van der Waals surface area contributed by atoms with Crippen molar-refractivity contribution in [3.63, 3.8) is 0 Å². The van der Waals surface area contributed by atoms with Gasteiger partial charge in [-0.25, -0.2) is 4.68 Å². The Bertz CT molecular complexity index is 568. The number of nitrogens with one attached hydrogen (secondary N) is 1. The maximum Gasteiger partial charge on any atom is 0.241 e. The first-order valence-electron chi connectivity index (χ1n) is 5.98. The molecule has 2 aromatic rings.